The molecule has 0 bridgehead atoms. The van der Waals surface area contributed by atoms with E-state index in [2.05, 4.69) is 6.92 Å². The number of benzene rings is 2. The summed E-state index contributed by atoms with van der Waals surface area (Å²) in [5, 5.41) is 2.04. The SMILES string of the molecule is C[C@@H]1CCCC[C@H]1N1C(=O)C(=O)N(Cc2cccc3ccccc23)C1=O. The average Bonchev–Trinajstić information content (AvgIpc) is 2.86. The third-order valence-corrected chi connectivity index (χ3v) is 5.69. The quantitative estimate of drug-likeness (QED) is 0.626. The van der Waals surface area contributed by atoms with Crippen molar-refractivity contribution in [3.8, 4) is 0 Å². The molecule has 2 fully saturated rings. The number of amides is 4. The molecule has 0 spiro atoms. The van der Waals surface area contributed by atoms with Gasteiger partial charge < -0.3 is 0 Å². The first-order valence-corrected chi connectivity index (χ1v) is 9.23. The highest BCUT2D eigenvalue weighted by Gasteiger charge is 2.49. The van der Waals surface area contributed by atoms with Crippen LogP contribution in [0, 0.1) is 5.92 Å². The molecule has 0 unspecified atom stereocenters. The summed E-state index contributed by atoms with van der Waals surface area (Å²) in [6.45, 7) is 2.19. The topological polar surface area (TPSA) is 57.7 Å². The van der Waals surface area contributed by atoms with Crippen LogP contribution in [-0.4, -0.2) is 33.7 Å². The van der Waals surface area contributed by atoms with Crippen LogP contribution in [0.1, 0.15) is 38.2 Å². The van der Waals surface area contributed by atoms with Gasteiger partial charge in [0.25, 0.3) is 0 Å². The molecule has 0 N–H and O–H groups in total. The van der Waals surface area contributed by atoms with Crippen LogP contribution in [0.4, 0.5) is 4.79 Å². The summed E-state index contributed by atoms with van der Waals surface area (Å²) >= 11 is 0. The van der Waals surface area contributed by atoms with Gasteiger partial charge in [-0.05, 0) is 35.1 Å². The van der Waals surface area contributed by atoms with Gasteiger partial charge in [0.05, 0.1) is 6.54 Å². The average molecular weight is 350 g/mol. The van der Waals surface area contributed by atoms with Crippen LogP contribution in [-0.2, 0) is 16.1 Å². The molecule has 0 aromatic heterocycles. The Kier molecular flexibility index (Phi) is 4.23. The van der Waals surface area contributed by atoms with E-state index in [0.29, 0.717) is 0 Å². The van der Waals surface area contributed by atoms with Crippen LogP contribution in [0.15, 0.2) is 42.5 Å². The highest BCUT2D eigenvalue weighted by Crippen LogP contribution is 2.32. The van der Waals surface area contributed by atoms with E-state index in [1.165, 1.54) is 4.90 Å². The Morgan fingerprint density at radius 2 is 1.65 bits per heavy atom. The molecule has 134 valence electrons. The minimum atomic E-state index is -0.708. The van der Waals surface area contributed by atoms with E-state index in [1.54, 1.807) is 0 Å². The molecular formula is C21H22N2O3. The molecule has 1 saturated carbocycles. The van der Waals surface area contributed by atoms with E-state index in [1.807, 2.05) is 42.5 Å². The molecule has 0 radical (unpaired) electrons. The van der Waals surface area contributed by atoms with Crippen molar-refractivity contribution in [3.63, 3.8) is 0 Å². The van der Waals surface area contributed by atoms with E-state index in [4.69, 9.17) is 0 Å². The zero-order valence-corrected chi connectivity index (χ0v) is 14.9. The maximum atomic E-state index is 12.9. The Morgan fingerprint density at radius 1 is 0.923 bits per heavy atom. The van der Waals surface area contributed by atoms with Crippen LogP contribution in [0.2, 0.25) is 0 Å². The molecule has 4 rings (SSSR count). The number of carbonyl (C=O) groups excluding carboxylic acids is 3. The number of fused-ring (bicyclic) bond motifs is 1. The maximum Gasteiger partial charge on any atom is 0.334 e. The highest BCUT2D eigenvalue weighted by molar-refractivity contribution is 6.44. The third-order valence-electron chi connectivity index (χ3n) is 5.69. The monoisotopic (exact) mass is 350 g/mol. The molecule has 2 aromatic rings. The number of imide groups is 2. The van der Waals surface area contributed by atoms with E-state index in [0.717, 1.165) is 46.9 Å². The number of carbonyl (C=O) groups is 3. The smallest absolute Gasteiger partial charge is 0.263 e. The summed E-state index contributed by atoms with van der Waals surface area (Å²) in [6, 6.07) is 13.0. The summed E-state index contributed by atoms with van der Waals surface area (Å²) in [5.41, 5.74) is 0.871. The van der Waals surface area contributed by atoms with Crippen molar-refractivity contribution in [1.82, 2.24) is 9.80 Å². The molecule has 26 heavy (non-hydrogen) atoms. The molecule has 4 amide bonds. The molecule has 1 aliphatic heterocycles. The number of hydrogen-bond donors (Lipinski definition) is 0. The summed E-state index contributed by atoms with van der Waals surface area (Å²) in [4.78, 5) is 40.3. The predicted octanol–water partition coefficient (Wildman–Crippen LogP) is 3.71. The first-order chi connectivity index (χ1) is 12.6. The molecule has 1 heterocycles. The molecule has 5 heteroatoms. The number of urea groups is 1. The van der Waals surface area contributed by atoms with Crippen LogP contribution in [0.25, 0.3) is 10.8 Å². The van der Waals surface area contributed by atoms with Crippen LogP contribution in [0.3, 0.4) is 0 Å². The van der Waals surface area contributed by atoms with Crippen molar-refractivity contribution >= 4 is 28.6 Å². The van der Waals surface area contributed by atoms with E-state index in [-0.39, 0.29) is 18.5 Å². The Labute approximate surface area is 152 Å². The maximum absolute atomic E-state index is 12.9. The largest absolute Gasteiger partial charge is 0.334 e. The number of rotatable bonds is 3. The van der Waals surface area contributed by atoms with Crippen molar-refractivity contribution in [2.45, 2.75) is 45.2 Å². The van der Waals surface area contributed by atoms with Gasteiger partial charge in [0.1, 0.15) is 0 Å². The fourth-order valence-corrected chi connectivity index (χ4v) is 4.24. The molecular weight excluding hydrogens is 328 g/mol. The van der Waals surface area contributed by atoms with E-state index >= 15 is 0 Å². The number of hydrogen-bond acceptors (Lipinski definition) is 3. The molecule has 1 saturated heterocycles. The van der Waals surface area contributed by atoms with E-state index in [9.17, 15) is 14.4 Å². The second-order valence-corrected chi connectivity index (χ2v) is 7.32. The van der Waals surface area contributed by atoms with Crippen LogP contribution < -0.4 is 0 Å². The lowest BCUT2D eigenvalue weighted by Gasteiger charge is -2.34. The summed E-state index contributed by atoms with van der Waals surface area (Å²) in [7, 11) is 0. The van der Waals surface area contributed by atoms with Gasteiger partial charge in [-0.3, -0.25) is 19.4 Å². The van der Waals surface area contributed by atoms with Crippen molar-refractivity contribution in [1.29, 1.82) is 0 Å². The summed E-state index contributed by atoms with van der Waals surface area (Å²) in [5.74, 6) is -1.14. The van der Waals surface area contributed by atoms with Gasteiger partial charge in [-0.1, -0.05) is 62.2 Å². The highest BCUT2D eigenvalue weighted by atomic mass is 16.2. The van der Waals surface area contributed by atoms with Crippen LogP contribution >= 0.6 is 0 Å². The minimum Gasteiger partial charge on any atom is -0.263 e. The second kappa shape index (κ2) is 6.56. The Balaban J connectivity index is 1.64. The molecule has 5 nitrogen and oxygen atoms in total. The fourth-order valence-electron chi connectivity index (χ4n) is 4.24. The standard InChI is InChI=1S/C21H22N2O3/c1-14-7-2-5-12-18(14)23-20(25)19(24)22(21(23)26)13-16-10-6-9-15-8-3-4-11-17(15)16/h3-4,6,8-11,14,18H,2,5,7,12-13H2,1H3/t14-,18-/m1/s1. The van der Waals surface area contributed by atoms with E-state index < -0.39 is 17.8 Å². The van der Waals surface area contributed by atoms with Gasteiger partial charge in [0.15, 0.2) is 0 Å². The third kappa shape index (κ3) is 2.68. The lowest BCUT2D eigenvalue weighted by Crippen LogP contribution is -2.46. The van der Waals surface area contributed by atoms with Crippen molar-refractivity contribution in [3.05, 3.63) is 48.0 Å². The van der Waals surface area contributed by atoms with Crippen molar-refractivity contribution in [2.24, 2.45) is 5.92 Å². The van der Waals surface area contributed by atoms with Gasteiger partial charge in [-0.25, -0.2) is 4.79 Å². The first kappa shape index (κ1) is 16.8. The van der Waals surface area contributed by atoms with Gasteiger partial charge in [-0.15, -0.1) is 0 Å². The minimum absolute atomic E-state index is 0.127. The molecule has 1 aliphatic carbocycles. The lowest BCUT2D eigenvalue weighted by molar-refractivity contribution is -0.144. The predicted molar refractivity (Wildman–Crippen MR) is 98.2 cm³/mol. The second-order valence-electron chi connectivity index (χ2n) is 7.32. The zero-order valence-electron chi connectivity index (χ0n) is 14.9. The molecule has 2 atom stereocenters. The van der Waals surface area contributed by atoms with Gasteiger partial charge >= 0.3 is 17.8 Å². The Hall–Kier alpha value is -2.69. The molecule has 2 aliphatic rings. The first-order valence-electron chi connectivity index (χ1n) is 9.23. The van der Waals surface area contributed by atoms with Crippen molar-refractivity contribution < 1.29 is 14.4 Å². The Bertz CT molecular complexity index is 886. The fraction of sp³-hybridized carbons (Fsp3) is 0.381. The Morgan fingerprint density at radius 3 is 2.46 bits per heavy atom. The summed E-state index contributed by atoms with van der Waals surface area (Å²) < 4.78 is 0. The normalized spacial score (nSPS) is 24.0. The number of nitrogens with zero attached hydrogens (tertiary/aromatic N) is 2. The lowest BCUT2D eigenvalue weighted by atomic mass is 9.85. The molecule has 2 aromatic carbocycles. The van der Waals surface area contributed by atoms with Crippen LogP contribution in [0.5, 0.6) is 0 Å². The van der Waals surface area contributed by atoms with Gasteiger partial charge in [0, 0.05) is 6.04 Å². The van der Waals surface area contributed by atoms with Crippen molar-refractivity contribution in [2.75, 3.05) is 0 Å². The van der Waals surface area contributed by atoms with Gasteiger partial charge in [-0.2, -0.15) is 0 Å². The zero-order chi connectivity index (χ0) is 18.3. The van der Waals surface area contributed by atoms with Gasteiger partial charge in [0.2, 0.25) is 0 Å². The summed E-state index contributed by atoms with van der Waals surface area (Å²) in [6.07, 6.45) is 3.87.